The highest BCUT2D eigenvalue weighted by atomic mass is 16.5. The van der Waals surface area contributed by atoms with Crippen LogP contribution in [-0.4, -0.2) is 34.4 Å². The molecule has 26 heavy (non-hydrogen) atoms. The fourth-order valence-corrected chi connectivity index (χ4v) is 2.90. The molecular weight excluding hydrogens is 332 g/mol. The fourth-order valence-electron chi connectivity index (χ4n) is 2.90. The van der Waals surface area contributed by atoms with E-state index >= 15 is 0 Å². The average Bonchev–Trinajstić information content (AvgIpc) is 3.12. The molecule has 1 N–H and O–H groups in total. The van der Waals surface area contributed by atoms with E-state index in [2.05, 4.69) is 15.3 Å². The highest BCUT2D eigenvalue weighted by Gasteiger charge is 2.33. The zero-order valence-corrected chi connectivity index (χ0v) is 15.2. The number of carbonyl (C=O) groups is 1. The topological polar surface area (TPSA) is 69.7 Å². The van der Waals surface area contributed by atoms with Gasteiger partial charge in [-0.15, -0.1) is 0 Å². The van der Waals surface area contributed by atoms with Crippen LogP contribution in [0, 0.1) is 6.57 Å². The SMILES string of the molecule is [C-]#[N+]CCCOc1cc(C(=O)Nc2ccn(C)n2)cc2c1CC(C)(C)O2. The summed E-state index contributed by atoms with van der Waals surface area (Å²) < 4.78 is 13.5. The van der Waals surface area contributed by atoms with Crippen LogP contribution in [0.5, 0.6) is 11.5 Å². The minimum absolute atomic E-state index is 0.272. The standard InChI is InChI=1S/C19H22N4O3/c1-19(2)12-14-15(25-9-5-7-20-3)10-13(11-16(14)26-19)18(24)21-17-6-8-23(4)22-17/h6,8,10-11H,5,7,9,12H2,1-2,4H3,(H,21,22,24). The van der Waals surface area contributed by atoms with E-state index in [-0.39, 0.29) is 11.5 Å². The highest BCUT2D eigenvalue weighted by Crippen LogP contribution is 2.41. The smallest absolute Gasteiger partial charge is 0.257 e. The highest BCUT2D eigenvalue weighted by molar-refractivity contribution is 6.04. The molecule has 0 spiro atoms. The van der Waals surface area contributed by atoms with Gasteiger partial charge in [-0.05, 0) is 26.0 Å². The molecule has 0 unspecified atom stereocenters. The van der Waals surface area contributed by atoms with Crippen LogP contribution in [0.25, 0.3) is 4.85 Å². The van der Waals surface area contributed by atoms with Crippen molar-refractivity contribution < 1.29 is 14.3 Å². The molecule has 3 rings (SSSR count). The first kappa shape index (κ1) is 17.8. The van der Waals surface area contributed by atoms with Gasteiger partial charge in [0, 0.05) is 36.9 Å². The van der Waals surface area contributed by atoms with Crippen molar-refractivity contribution in [3.8, 4) is 11.5 Å². The van der Waals surface area contributed by atoms with E-state index in [1.807, 2.05) is 13.8 Å². The summed E-state index contributed by atoms with van der Waals surface area (Å²) >= 11 is 0. The molecule has 1 amide bonds. The van der Waals surface area contributed by atoms with Crippen molar-refractivity contribution in [2.24, 2.45) is 7.05 Å². The van der Waals surface area contributed by atoms with Gasteiger partial charge < -0.3 is 19.6 Å². The van der Waals surface area contributed by atoms with Crippen LogP contribution in [0.3, 0.4) is 0 Å². The predicted molar refractivity (Wildman–Crippen MR) is 97.6 cm³/mol. The third kappa shape index (κ3) is 3.97. The summed E-state index contributed by atoms with van der Waals surface area (Å²) in [5.74, 6) is 1.53. The maximum Gasteiger partial charge on any atom is 0.257 e. The molecule has 2 heterocycles. The van der Waals surface area contributed by atoms with Gasteiger partial charge in [0.25, 0.3) is 5.91 Å². The van der Waals surface area contributed by atoms with Crippen molar-refractivity contribution in [2.45, 2.75) is 32.3 Å². The lowest BCUT2D eigenvalue weighted by molar-refractivity contribution is 0.102. The second-order valence-corrected chi connectivity index (χ2v) is 6.90. The summed E-state index contributed by atoms with van der Waals surface area (Å²) in [6, 6.07) is 5.21. The zero-order valence-electron chi connectivity index (χ0n) is 15.2. The van der Waals surface area contributed by atoms with Crippen molar-refractivity contribution in [2.75, 3.05) is 18.5 Å². The Balaban J connectivity index is 1.84. The molecule has 1 aromatic carbocycles. The number of nitrogens with one attached hydrogen (secondary N) is 1. The third-order valence-corrected chi connectivity index (χ3v) is 4.05. The molecule has 0 saturated carbocycles. The number of ether oxygens (including phenoxy) is 2. The van der Waals surface area contributed by atoms with Crippen molar-refractivity contribution in [3.05, 3.63) is 46.9 Å². The van der Waals surface area contributed by atoms with Crippen LogP contribution < -0.4 is 14.8 Å². The van der Waals surface area contributed by atoms with Gasteiger partial charge in [-0.25, -0.2) is 6.57 Å². The normalized spacial score (nSPS) is 14.2. The number of hydrogen-bond donors (Lipinski definition) is 1. The number of carbonyl (C=O) groups excluding carboxylic acids is 1. The zero-order chi connectivity index (χ0) is 18.7. The molecular formula is C19H22N4O3. The summed E-state index contributed by atoms with van der Waals surface area (Å²) in [5, 5.41) is 6.93. The first-order valence-electron chi connectivity index (χ1n) is 8.51. The molecule has 1 aliphatic heterocycles. The average molecular weight is 354 g/mol. The molecule has 1 aliphatic rings. The Bertz CT molecular complexity index is 864. The van der Waals surface area contributed by atoms with Crippen LogP contribution in [-0.2, 0) is 13.5 Å². The maximum absolute atomic E-state index is 12.6. The lowest BCUT2D eigenvalue weighted by Crippen LogP contribution is -2.24. The van der Waals surface area contributed by atoms with E-state index in [9.17, 15) is 4.79 Å². The lowest BCUT2D eigenvalue weighted by Gasteiger charge is -2.16. The molecule has 7 nitrogen and oxygen atoms in total. The number of aryl methyl sites for hydroxylation is 1. The number of amides is 1. The van der Waals surface area contributed by atoms with Gasteiger partial charge in [0.15, 0.2) is 5.82 Å². The Morgan fingerprint density at radius 3 is 3.00 bits per heavy atom. The van der Waals surface area contributed by atoms with Gasteiger partial charge in [0.05, 0.1) is 13.0 Å². The van der Waals surface area contributed by atoms with Gasteiger partial charge in [-0.2, -0.15) is 5.10 Å². The van der Waals surface area contributed by atoms with Gasteiger partial charge in [-0.1, -0.05) is 0 Å². The van der Waals surface area contributed by atoms with Crippen molar-refractivity contribution in [3.63, 3.8) is 0 Å². The van der Waals surface area contributed by atoms with Crippen molar-refractivity contribution in [1.29, 1.82) is 0 Å². The van der Waals surface area contributed by atoms with E-state index in [1.54, 1.807) is 36.1 Å². The van der Waals surface area contributed by atoms with Crippen LogP contribution in [0.15, 0.2) is 24.4 Å². The van der Waals surface area contributed by atoms with Crippen LogP contribution in [0.4, 0.5) is 5.82 Å². The van der Waals surface area contributed by atoms with Gasteiger partial charge in [0.1, 0.15) is 17.1 Å². The molecule has 7 heteroatoms. The quantitative estimate of drug-likeness (QED) is 0.639. The van der Waals surface area contributed by atoms with Crippen LogP contribution in [0.2, 0.25) is 0 Å². The second kappa shape index (κ2) is 7.08. The monoisotopic (exact) mass is 354 g/mol. The molecule has 2 aromatic rings. The number of fused-ring (bicyclic) bond motifs is 1. The maximum atomic E-state index is 12.6. The Morgan fingerprint density at radius 2 is 2.31 bits per heavy atom. The Morgan fingerprint density at radius 1 is 1.50 bits per heavy atom. The summed E-state index contributed by atoms with van der Waals surface area (Å²) in [6.07, 6.45) is 3.12. The molecule has 0 atom stereocenters. The molecule has 0 bridgehead atoms. The number of nitrogens with zero attached hydrogens (tertiary/aromatic N) is 3. The van der Waals surface area contributed by atoms with Crippen LogP contribution in [0.1, 0.15) is 36.2 Å². The molecule has 0 fully saturated rings. The fraction of sp³-hybridized carbons (Fsp3) is 0.421. The predicted octanol–water partition coefficient (Wildman–Crippen LogP) is 3.07. The van der Waals surface area contributed by atoms with E-state index in [0.717, 1.165) is 5.56 Å². The number of benzene rings is 1. The Kier molecular flexibility index (Phi) is 4.85. The van der Waals surface area contributed by atoms with E-state index < -0.39 is 0 Å². The Hall–Kier alpha value is -3.01. The number of aromatic nitrogens is 2. The van der Waals surface area contributed by atoms with E-state index in [4.69, 9.17) is 16.0 Å². The van der Waals surface area contributed by atoms with Gasteiger partial charge >= 0.3 is 0 Å². The first-order valence-corrected chi connectivity index (χ1v) is 8.51. The van der Waals surface area contributed by atoms with Gasteiger partial charge in [0.2, 0.25) is 6.54 Å². The third-order valence-electron chi connectivity index (χ3n) is 4.05. The molecule has 0 saturated heterocycles. The number of anilines is 1. The second-order valence-electron chi connectivity index (χ2n) is 6.90. The van der Waals surface area contributed by atoms with Crippen molar-refractivity contribution in [1.82, 2.24) is 9.78 Å². The molecule has 136 valence electrons. The van der Waals surface area contributed by atoms with E-state index in [1.165, 1.54) is 0 Å². The minimum atomic E-state index is -0.340. The number of hydrogen-bond acceptors (Lipinski definition) is 4. The molecule has 1 aromatic heterocycles. The van der Waals surface area contributed by atoms with E-state index in [0.29, 0.717) is 48.9 Å². The van der Waals surface area contributed by atoms with Crippen molar-refractivity contribution >= 4 is 11.7 Å². The Labute approximate surface area is 152 Å². The molecule has 0 radical (unpaired) electrons. The van der Waals surface area contributed by atoms with Crippen LogP contribution >= 0.6 is 0 Å². The summed E-state index contributed by atoms with van der Waals surface area (Å²) in [5.41, 5.74) is 1.08. The minimum Gasteiger partial charge on any atom is -0.493 e. The summed E-state index contributed by atoms with van der Waals surface area (Å²) in [4.78, 5) is 15.9. The lowest BCUT2D eigenvalue weighted by atomic mass is 9.99. The largest absolute Gasteiger partial charge is 0.493 e. The number of rotatable bonds is 6. The van der Waals surface area contributed by atoms with Gasteiger partial charge in [-0.3, -0.25) is 9.48 Å². The summed E-state index contributed by atoms with van der Waals surface area (Å²) in [7, 11) is 1.79. The first-order chi connectivity index (χ1) is 12.4. The summed E-state index contributed by atoms with van der Waals surface area (Å²) in [6.45, 7) is 11.7. The molecule has 0 aliphatic carbocycles.